The Morgan fingerprint density at radius 1 is 1.38 bits per heavy atom. The van der Waals surface area contributed by atoms with Gasteiger partial charge in [0, 0.05) is 6.61 Å². The Morgan fingerprint density at radius 2 is 2.12 bits per heavy atom. The van der Waals surface area contributed by atoms with Crippen LogP contribution in [0.5, 0.6) is 0 Å². The van der Waals surface area contributed by atoms with Crippen LogP contribution in [0.15, 0.2) is 0 Å². The molecule has 0 bridgehead atoms. The third kappa shape index (κ3) is 2.26. The van der Waals surface area contributed by atoms with Gasteiger partial charge in [-0.1, -0.05) is 0 Å². The van der Waals surface area contributed by atoms with Crippen LogP contribution in [0, 0.1) is 0 Å². The Kier molecular flexibility index (Phi) is 3.77. The van der Waals surface area contributed by atoms with Gasteiger partial charge in [0.2, 0.25) is 0 Å². The minimum Gasteiger partial charge on any atom is -0.412 e. The van der Waals surface area contributed by atoms with Crippen LogP contribution in [0.4, 0.5) is 0 Å². The topological polar surface area (TPSA) is 66.8 Å². The van der Waals surface area contributed by atoms with Gasteiger partial charge in [0.1, 0.15) is 6.23 Å². The molecule has 1 atom stereocenters. The predicted molar refractivity (Wildman–Crippen MR) is 31.4 cm³/mol. The molecule has 1 heterocycles. The Balaban J connectivity index is 0.000000490. The maximum atomic E-state index is 5.41. The standard InChI is InChI=1S/C5H11NO.H2O/c6-5-3-1-2-4-7-5;/h5H,1-4,6H2;1H2. The number of hydrogen-bond donors (Lipinski definition) is 1. The SMILES string of the molecule is NC1CCCCO1.O. The number of ether oxygens (including phenoxy) is 1. The Morgan fingerprint density at radius 3 is 2.38 bits per heavy atom. The van der Waals surface area contributed by atoms with Crippen LogP contribution in [0.1, 0.15) is 19.3 Å². The van der Waals surface area contributed by atoms with Crippen molar-refractivity contribution >= 4 is 0 Å². The van der Waals surface area contributed by atoms with E-state index in [4.69, 9.17) is 10.5 Å². The van der Waals surface area contributed by atoms with Crippen LogP contribution in [0.3, 0.4) is 0 Å². The lowest BCUT2D eigenvalue weighted by Crippen LogP contribution is -2.27. The van der Waals surface area contributed by atoms with Gasteiger partial charge in [-0.3, -0.25) is 0 Å². The summed E-state index contributed by atoms with van der Waals surface area (Å²) in [6, 6.07) is 0. The first-order valence-corrected chi connectivity index (χ1v) is 2.77. The summed E-state index contributed by atoms with van der Waals surface area (Å²) in [6.07, 6.45) is 3.50. The summed E-state index contributed by atoms with van der Waals surface area (Å²) in [6.45, 7) is 0.862. The largest absolute Gasteiger partial charge is 0.412 e. The van der Waals surface area contributed by atoms with Gasteiger partial charge in [0.25, 0.3) is 0 Å². The van der Waals surface area contributed by atoms with Crippen LogP contribution in [0.25, 0.3) is 0 Å². The molecule has 1 unspecified atom stereocenters. The second kappa shape index (κ2) is 3.83. The van der Waals surface area contributed by atoms with Crippen LogP contribution < -0.4 is 5.73 Å². The normalized spacial score (nSPS) is 28.9. The molecule has 0 spiro atoms. The summed E-state index contributed by atoms with van der Waals surface area (Å²) in [4.78, 5) is 0. The molecule has 0 aromatic heterocycles. The highest BCUT2D eigenvalue weighted by Crippen LogP contribution is 2.06. The van der Waals surface area contributed by atoms with E-state index in [2.05, 4.69) is 0 Å². The maximum Gasteiger partial charge on any atom is 0.105 e. The van der Waals surface area contributed by atoms with Gasteiger partial charge in [-0.25, -0.2) is 0 Å². The lowest BCUT2D eigenvalue weighted by Gasteiger charge is -2.17. The lowest BCUT2D eigenvalue weighted by atomic mass is 10.2. The van der Waals surface area contributed by atoms with Crippen molar-refractivity contribution in [2.45, 2.75) is 25.5 Å². The second-order valence-corrected chi connectivity index (χ2v) is 1.91. The van der Waals surface area contributed by atoms with Gasteiger partial charge in [0.15, 0.2) is 0 Å². The molecule has 8 heavy (non-hydrogen) atoms. The second-order valence-electron chi connectivity index (χ2n) is 1.91. The molecule has 1 aliphatic heterocycles. The van der Waals surface area contributed by atoms with Crippen molar-refractivity contribution in [3.05, 3.63) is 0 Å². The fraction of sp³-hybridized carbons (Fsp3) is 1.00. The Hall–Kier alpha value is -0.120. The van der Waals surface area contributed by atoms with E-state index in [0.717, 1.165) is 13.0 Å². The molecule has 1 aliphatic rings. The average Bonchev–Trinajstić information content (AvgIpc) is 1.69. The van der Waals surface area contributed by atoms with Crippen molar-refractivity contribution < 1.29 is 10.2 Å². The van der Waals surface area contributed by atoms with E-state index < -0.39 is 0 Å². The zero-order chi connectivity index (χ0) is 5.11. The molecular weight excluding hydrogens is 106 g/mol. The molecule has 0 aliphatic carbocycles. The van der Waals surface area contributed by atoms with Crippen molar-refractivity contribution in [3.63, 3.8) is 0 Å². The maximum absolute atomic E-state index is 5.41. The summed E-state index contributed by atoms with van der Waals surface area (Å²) < 4.78 is 5.06. The van der Waals surface area contributed by atoms with E-state index in [-0.39, 0.29) is 11.7 Å². The van der Waals surface area contributed by atoms with E-state index >= 15 is 0 Å². The van der Waals surface area contributed by atoms with E-state index in [1.54, 1.807) is 0 Å². The van der Waals surface area contributed by atoms with Gasteiger partial charge in [0.05, 0.1) is 0 Å². The monoisotopic (exact) mass is 119 g/mol. The summed E-state index contributed by atoms with van der Waals surface area (Å²) in [5.74, 6) is 0. The Labute approximate surface area is 49.1 Å². The van der Waals surface area contributed by atoms with Gasteiger partial charge in [-0.15, -0.1) is 0 Å². The minimum atomic E-state index is 0. The molecule has 0 aromatic carbocycles. The smallest absolute Gasteiger partial charge is 0.105 e. The zero-order valence-corrected chi connectivity index (χ0v) is 4.89. The van der Waals surface area contributed by atoms with Crippen LogP contribution in [-0.2, 0) is 4.74 Å². The van der Waals surface area contributed by atoms with Crippen molar-refractivity contribution in [1.29, 1.82) is 0 Å². The molecular formula is C5H13NO2. The average molecular weight is 119 g/mol. The fourth-order valence-electron chi connectivity index (χ4n) is 0.766. The molecule has 4 N–H and O–H groups in total. The lowest BCUT2D eigenvalue weighted by molar-refractivity contribution is 0.0206. The summed E-state index contributed by atoms with van der Waals surface area (Å²) in [5.41, 5.74) is 5.41. The van der Waals surface area contributed by atoms with Crippen molar-refractivity contribution in [1.82, 2.24) is 0 Å². The van der Waals surface area contributed by atoms with Crippen molar-refractivity contribution in [2.24, 2.45) is 5.73 Å². The van der Waals surface area contributed by atoms with Gasteiger partial charge in [-0.2, -0.15) is 0 Å². The molecule has 50 valence electrons. The first-order chi connectivity index (χ1) is 3.39. The molecule has 0 amide bonds. The van der Waals surface area contributed by atoms with Gasteiger partial charge in [-0.05, 0) is 19.3 Å². The molecule has 3 heteroatoms. The highest BCUT2D eigenvalue weighted by atomic mass is 16.5. The third-order valence-electron chi connectivity index (χ3n) is 1.21. The fourth-order valence-corrected chi connectivity index (χ4v) is 0.766. The molecule has 1 fully saturated rings. The van der Waals surface area contributed by atoms with Crippen molar-refractivity contribution in [2.75, 3.05) is 6.61 Å². The number of nitrogens with two attached hydrogens (primary N) is 1. The van der Waals surface area contributed by atoms with Gasteiger partial charge < -0.3 is 15.9 Å². The summed E-state index contributed by atoms with van der Waals surface area (Å²) >= 11 is 0. The minimum absolute atomic E-state index is 0. The number of rotatable bonds is 0. The molecule has 0 saturated carbocycles. The molecule has 0 aromatic rings. The van der Waals surface area contributed by atoms with E-state index in [9.17, 15) is 0 Å². The van der Waals surface area contributed by atoms with Crippen LogP contribution in [0.2, 0.25) is 0 Å². The first-order valence-electron chi connectivity index (χ1n) is 2.77. The molecule has 0 radical (unpaired) electrons. The van der Waals surface area contributed by atoms with E-state index in [1.165, 1.54) is 12.8 Å². The highest BCUT2D eigenvalue weighted by molar-refractivity contribution is 4.54. The van der Waals surface area contributed by atoms with E-state index in [0.29, 0.717) is 0 Å². The predicted octanol–water partition coefficient (Wildman–Crippen LogP) is -0.353. The molecule has 1 rings (SSSR count). The zero-order valence-electron chi connectivity index (χ0n) is 4.89. The van der Waals surface area contributed by atoms with Crippen molar-refractivity contribution in [3.8, 4) is 0 Å². The molecule has 3 nitrogen and oxygen atoms in total. The first kappa shape index (κ1) is 7.88. The van der Waals surface area contributed by atoms with Crippen LogP contribution >= 0.6 is 0 Å². The quantitative estimate of drug-likeness (QED) is 0.473. The van der Waals surface area contributed by atoms with E-state index in [1.807, 2.05) is 0 Å². The summed E-state index contributed by atoms with van der Waals surface area (Å²) in [7, 11) is 0. The Bertz CT molecular complexity index is 52.4. The summed E-state index contributed by atoms with van der Waals surface area (Å²) in [5, 5.41) is 0. The molecule has 1 saturated heterocycles. The highest BCUT2D eigenvalue weighted by Gasteiger charge is 2.06. The van der Waals surface area contributed by atoms with Crippen LogP contribution in [-0.4, -0.2) is 18.3 Å². The third-order valence-corrected chi connectivity index (χ3v) is 1.21. The van der Waals surface area contributed by atoms with Gasteiger partial charge >= 0.3 is 0 Å². The number of hydrogen-bond acceptors (Lipinski definition) is 2.